The second-order valence-corrected chi connectivity index (χ2v) is 4.03. The average Bonchev–Trinajstić information content (AvgIpc) is 2.17. The second kappa shape index (κ2) is 3.95. The van der Waals surface area contributed by atoms with Crippen LogP contribution < -0.4 is 0 Å². The summed E-state index contributed by atoms with van der Waals surface area (Å²) in [7, 11) is 0. The van der Waals surface area contributed by atoms with Crippen LogP contribution in [0.1, 0.15) is 43.2 Å². The van der Waals surface area contributed by atoms with Gasteiger partial charge in [-0.2, -0.15) is 0 Å². The predicted molar refractivity (Wildman–Crippen MR) is 57.4 cm³/mol. The van der Waals surface area contributed by atoms with E-state index in [9.17, 15) is 4.79 Å². The van der Waals surface area contributed by atoms with E-state index in [4.69, 9.17) is 0 Å². The van der Waals surface area contributed by atoms with Crippen LogP contribution in [0.3, 0.4) is 0 Å². The van der Waals surface area contributed by atoms with E-state index in [0.717, 1.165) is 25.7 Å². The zero-order chi connectivity index (χ0) is 9.97. The molecule has 0 amide bonds. The molecule has 0 aliphatic heterocycles. The molecular formula is C13H16O. The number of Topliss-reactive ketones (excluding diaryl/α,β-unsaturated/α-hetero) is 1. The van der Waals surface area contributed by atoms with Crippen molar-refractivity contribution in [1.82, 2.24) is 0 Å². The van der Waals surface area contributed by atoms with Gasteiger partial charge in [0.1, 0.15) is 5.78 Å². The van der Waals surface area contributed by atoms with Crippen LogP contribution >= 0.6 is 0 Å². The molecule has 0 unspecified atom stereocenters. The monoisotopic (exact) mass is 188 g/mol. The summed E-state index contributed by atoms with van der Waals surface area (Å²) in [6, 6.07) is 8.29. The Kier molecular flexibility index (Phi) is 2.67. The third-order valence-electron chi connectivity index (χ3n) is 3.02. The molecule has 1 aromatic carbocycles. The summed E-state index contributed by atoms with van der Waals surface area (Å²) >= 11 is 0. The fourth-order valence-electron chi connectivity index (χ4n) is 2.07. The standard InChI is InChI=1S/C13H16O/c1-2-3-8-13(14)12-9-10-6-4-5-7-11(10)12/h4-7,12H,2-3,8-9H2,1H3/t12-/m0/s1. The lowest BCUT2D eigenvalue weighted by molar-refractivity contribution is -0.121. The van der Waals surface area contributed by atoms with Crippen molar-refractivity contribution in [1.29, 1.82) is 0 Å². The largest absolute Gasteiger partial charge is 0.299 e. The van der Waals surface area contributed by atoms with E-state index in [0.29, 0.717) is 5.78 Å². The van der Waals surface area contributed by atoms with E-state index >= 15 is 0 Å². The molecule has 2 rings (SSSR count). The molecule has 1 atom stereocenters. The van der Waals surface area contributed by atoms with Gasteiger partial charge in [0, 0.05) is 12.3 Å². The molecule has 0 heterocycles. The molecule has 0 fully saturated rings. The van der Waals surface area contributed by atoms with Gasteiger partial charge in [-0.1, -0.05) is 37.6 Å². The van der Waals surface area contributed by atoms with Gasteiger partial charge in [-0.3, -0.25) is 4.79 Å². The lowest BCUT2D eigenvalue weighted by Crippen LogP contribution is -2.24. The summed E-state index contributed by atoms with van der Waals surface area (Å²) in [6.07, 6.45) is 3.88. The second-order valence-electron chi connectivity index (χ2n) is 4.03. The number of fused-ring (bicyclic) bond motifs is 1. The third kappa shape index (κ3) is 1.59. The fourth-order valence-corrected chi connectivity index (χ4v) is 2.07. The zero-order valence-electron chi connectivity index (χ0n) is 8.62. The van der Waals surface area contributed by atoms with E-state index in [1.54, 1.807) is 0 Å². The minimum Gasteiger partial charge on any atom is -0.299 e. The van der Waals surface area contributed by atoms with Gasteiger partial charge in [-0.15, -0.1) is 0 Å². The molecule has 1 aliphatic rings. The van der Waals surface area contributed by atoms with Crippen LogP contribution in [-0.4, -0.2) is 5.78 Å². The number of ketones is 1. The molecule has 74 valence electrons. The van der Waals surface area contributed by atoms with Gasteiger partial charge in [-0.25, -0.2) is 0 Å². The first kappa shape index (κ1) is 9.45. The highest BCUT2D eigenvalue weighted by Gasteiger charge is 2.30. The maximum atomic E-state index is 11.7. The Hall–Kier alpha value is -1.11. The minimum absolute atomic E-state index is 0.220. The van der Waals surface area contributed by atoms with Crippen molar-refractivity contribution in [2.45, 2.75) is 38.5 Å². The maximum absolute atomic E-state index is 11.7. The molecule has 0 saturated heterocycles. The van der Waals surface area contributed by atoms with Crippen LogP contribution in [0, 0.1) is 0 Å². The molecule has 1 aliphatic carbocycles. The zero-order valence-corrected chi connectivity index (χ0v) is 8.62. The smallest absolute Gasteiger partial charge is 0.140 e. The average molecular weight is 188 g/mol. The van der Waals surface area contributed by atoms with Crippen molar-refractivity contribution in [3.8, 4) is 0 Å². The van der Waals surface area contributed by atoms with Crippen molar-refractivity contribution < 1.29 is 4.79 Å². The summed E-state index contributed by atoms with van der Waals surface area (Å²) in [6.45, 7) is 2.13. The molecular weight excluding hydrogens is 172 g/mol. The Bertz CT molecular complexity index is 341. The van der Waals surface area contributed by atoms with Crippen LogP contribution in [0.25, 0.3) is 0 Å². The van der Waals surface area contributed by atoms with E-state index in [1.807, 2.05) is 12.1 Å². The summed E-state index contributed by atoms with van der Waals surface area (Å²) < 4.78 is 0. The number of unbranched alkanes of at least 4 members (excludes halogenated alkanes) is 1. The summed E-state index contributed by atoms with van der Waals surface area (Å²) in [5.41, 5.74) is 2.64. The Morgan fingerprint density at radius 1 is 1.43 bits per heavy atom. The van der Waals surface area contributed by atoms with Crippen LogP contribution in [0.4, 0.5) is 0 Å². The molecule has 14 heavy (non-hydrogen) atoms. The lowest BCUT2D eigenvalue weighted by atomic mass is 9.74. The van der Waals surface area contributed by atoms with Gasteiger partial charge in [0.2, 0.25) is 0 Å². The SMILES string of the molecule is CCCCC(=O)[C@H]1Cc2ccccc21. The van der Waals surface area contributed by atoms with E-state index in [2.05, 4.69) is 19.1 Å². The number of hydrogen-bond acceptors (Lipinski definition) is 1. The number of benzene rings is 1. The van der Waals surface area contributed by atoms with Crippen LogP contribution in [0.5, 0.6) is 0 Å². The molecule has 0 aromatic heterocycles. The van der Waals surface area contributed by atoms with Gasteiger partial charge < -0.3 is 0 Å². The van der Waals surface area contributed by atoms with E-state index in [1.165, 1.54) is 11.1 Å². The van der Waals surface area contributed by atoms with Gasteiger partial charge in [0.25, 0.3) is 0 Å². The topological polar surface area (TPSA) is 17.1 Å². The normalized spacial score (nSPS) is 18.5. The quantitative estimate of drug-likeness (QED) is 0.709. The number of hydrogen-bond donors (Lipinski definition) is 0. The first-order valence-corrected chi connectivity index (χ1v) is 5.43. The molecule has 0 bridgehead atoms. The number of carbonyl (C=O) groups is 1. The minimum atomic E-state index is 0.220. The van der Waals surface area contributed by atoms with Gasteiger partial charge in [-0.05, 0) is 24.0 Å². The van der Waals surface area contributed by atoms with E-state index in [-0.39, 0.29) is 5.92 Å². The molecule has 1 nitrogen and oxygen atoms in total. The summed E-state index contributed by atoms with van der Waals surface area (Å²) in [5, 5.41) is 0. The van der Waals surface area contributed by atoms with Gasteiger partial charge >= 0.3 is 0 Å². The molecule has 1 aromatic rings. The Morgan fingerprint density at radius 3 is 2.93 bits per heavy atom. The maximum Gasteiger partial charge on any atom is 0.140 e. The molecule has 0 saturated carbocycles. The Morgan fingerprint density at radius 2 is 2.21 bits per heavy atom. The highest BCUT2D eigenvalue weighted by Crippen LogP contribution is 2.36. The van der Waals surface area contributed by atoms with Crippen molar-refractivity contribution in [3.63, 3.8) is 0 Å². The number of rotatable bonds is 4. The van der Waals surface area contributed by atoms with Crippen molar-refractivity contribution in [2.24, 2.45) is 0 Å². The molecule has 1 heteroatoms. The molecule has 0 spiro atoms. The van der Waals surface area contributed by atoms with Crippen LogP contribution in [0.2, 0.25) is 0 Å². The van der Waals surface area contributed by atoms with Crippen molar-refractivity contribution in [3.05, 3.63) is 35.4 Å². The highest BCUT2D eigenvalue weighted by atomic mass is 16.1. The summed E-state index contributed by atoms with van der Waals surface area (Å²) in [5.74, 6) is 0.656. The third-order valence-corrected chi connectivity index (χ3v) is 3.02. The Labute approximate surface area is 85.1 Å². The van der Waals surface area contributed by atoms with Crippen molar-refractivity contribution >= 4 is 5.78 Å². The molecule has 0 N–H and O–H groups in total. The fraction of sp³-hybridized carbons (Fsp3) is 0.462. The number of carbonyl (C=O) groups excluding carboxylic acids is 1. The van der Waals surface area contributed by atoms with Gasteiger partial charge in [0.05, 0.1) is 0 Å². The first-order chi connectivity index (χ1) is 6.83. The lowest BCUT2D eigenvalue weighted by Gasteiger charge is -2.28. The van der Waals surface area contributed by atoms with E-state index < -0.39 is 0 Å². The predicted octanol–water partition coefficient (Wildman–Crippen LogP) is 3.09. The van der Waals surface area contributed by atoms with Gasteiger partial charge in [0.15, 0.2) is 0 Å². The molecule has 0 radical (unpaired) electrons. The first-order valence-electron chi connectivity index (χ1n) is 5.43. The highest BCUT2D eigenvalue weighted by molar-refractivity contribution is 5.88. The summed E-state index contributed by atoms with van der Waals surface area (Å²) in [4.78, 5) is 11.7. The Balaban J connectivity index is 2.01. The van der Waals surface area contributed by atoms with Crippen molar-refractivity contribution in [2.75, 3.05) is 0 Å². The van der Waals surface area contributed by atoms with Crippen LogP contribution in [0.15, 0.2) is 24.3 Å². The van der Waals surface area contributed by atoms with Crippen LogP contribution in [-0.2, 0) is 11.2 Å².